The summed E-state index contributed by atoms with van der Waals surface area (Å²) in [6.45, 7) is 12.1. The van der Waals surface area contributed by atoms with E-state index in [0.717, 1.165) is 70.5 Å². The molecule has 2 aromatic rings. The number of nitrogens with one attached hydrogen (secondary N) is 2. The van der Waals surface area contributed by atoms with Gasteiger partial charge in [0.2, 0.25) is 0 Å². The Bertz CT molecular complexity index is 1190. The molecule has 2 aliphatic rings. The van der Waals surface area contributed by atoms with Crippen LogP contribution in [0.5, 0.6) is 0 Å². The third-order valence-electron chi connectivity index (χ3n) is 8.23. The number of hydrogen-bond donors (Lipinski definition) is 2. The van der Waals surface area contributed by atoms with Crippen LogP contribution in [-0.2, 0) is 11.2 Å². The summed E-state index contributed by atoms with van der Waals surface area (Å²) in [6, 6.07) is 6.50. The number of aryl methyl sites for hydroxylation is 1. The molecule has 4 atom stereocenters. The van der Waals surface area contributed by atoms with E-state index in [0.29, 0.717) is 21.6 Å². The second kappa shape index (κ2) is 13.8. The van der Waals surface area contributed by atoms with Crippen LogP contribution in [0.25, 0.3) is 0 Å². The first-order valence-electron chi connectivity index (χ1n) is 14.3. The fourth-order valence-electron chi connectivity index (χ4n) is 6.01. The number of piperidine rings is 2. The molecule has 1 aromatic carbocycles. The van der Waals surface area contributed by atoms with Gasteiger partial charge in [-0.05, 0) is 69.7 Å². The number of urea groups is 1. The van der Waals surface area contributed by atoms with Gasteiger partial charge in [0.15, 0.2) is 10.9 Å². The van der Waals surface area contributed by atoms with Crippen molar-refractivity contribution in [3.8, 4) is 0 Å². The lowest BCUT2D eigenvalue weighted by atomic mass is 9.87. The van der Waals surface area contributed by atoms with Gasteiger partial charge in [-0.1, -0.05) is 30.4 Å². The highest BCUT2D eigenvalue weighted by molar-refractivity contribution is 7.17. The number of rotatable bonds is 10. The molecule has 1 aromatic heterocycles. The molecule has 1 unspecified atom stereocenters. The Balaban J connectivity index is 1.40. The number of aromatic nitrogens is 1. The van der Waals surface area contributed by atoms with Crippen molar-refractivity contribution in [2.45, 2.75) is 59.4 Å². The Kier molecular flexibility index (Phi) is 10.4. The Morgan fingerprint density at radius 2 is 1.85 bits per heavy atom. The van der Waals surface area contributed by atoms with Crippen LogP contribution in [0.4, 0.5) is 14.3 Å². The summed E-state index contributed by atoms with van der Waals surface area (Å²) in [4.78, 5) is 46.5. The smallest absolute Gasteiger partial charge is 0.321 e. The normalized spacial score (nSPS) is 23.0. The predicted molar refractivity (Wildman–Crippen MR) is 156 cm³/mol. The lowest BCUT2D eigenvalue weighted by Crippen LogP contribution is -2.56. The number of Topliss-reactive ketones (excluding diaryl/α,β-unsaturated/α-hetero) is 2. The van der Waals surface area contributed by atoms with E-state index in [1.807, 2.05) is 19.1 Å². The van der Waals surface area contributed by atoms with Gasteiger partial charge in [0.25, 0.3) is 0 Å². The molecular formula is C30H42FN5O3S. The molecule has 0 aliphatic carbocycles. The maximum Gasteiger partial charge on any atom is 0.321 e. The van der Waals surface area contributed by atoms with Crippen LogP contribution in [0, 0.1) is 30.5 Å². The molecule has 0 saturated carbocycles. The summed E-state index contributed by atoms with van der Waals surface area (Å²) in [5.74, 6) is 0.618. The largest absolute Gasteiger partial charge is 0.335 e. The summed E-state index contributed by atoms with van der Waals surface area (Å²) in [5.41, 5.74) is 1.79. The number of amides is 2. The van der Waals surface area contributed by atoms with Gasteiger partial charge in [-0.2, -0.15) is 0 Å². The Labute approximate surface area is 240 Å². The molecular weight excluding hydrogens is 529 g/mol. The third kappa shape index (κ3) is 8.41. The zero-order chi connectivity index (χ0) is 28.8. The molecule has 2 N–H and O–H groups in total. The number of nitrogens with zero attached hydrogens (tertiary/aromatic N) is 3. The molecule has 2 saturated heterocycles. The quantitative estimate of drug-likeness (QED) is 0.399. The number of likely N-dealkylation sites (tertiary alicyclic amines) is 2. The van der Waals surface area contributed by atoms with Crippen molar-refractivity contribution < 1.29 is 18.8 Å². The SMILES string of the molecule is CC(=O)c1sc(NC(=O)N[C@@H]2CCN(CC(C)C(C)=O)C[C@H]2CN2CCC[C@@H](Cc3ccc(F)cc3)C2)nc1C. The maximum absolute atomic E-state index is 13.4. The molecule has 10 heteroatoms. The molecule has 0 spiro atoms. The Morgan fingerprint density at radius 3 is 2.52 bits per heavy atom. The number of anilines is 1. The van der Waals surface area contributed by atoms with Crippen molar-refractivity contribution >= 4 is 34.1 Å². The van der Waals surface area contributed by atoms with Crippen LogP contribution in [-0.4, -0.2) is 77.7 Å². The molecule has 2 amide bonds. The van der Waals surface area contributed by atoms with Gasteiger partial charge >= 0.3 is 6.03 Å². The number of hydrogen-bond acceptors (Lipinski definition) is 7. The number of ketones is 2. The second-order valence-electron chi connectivity index (χ2n) is 11.6. The van der Waals surface area contributed by atoms with Crippen LogP contribution < -0.4 is 10.6 Å². The number of halogens is 1. The number of benzene rings is 1. The summed E-state index contributed by atoms with van der Waals surface area (Å²) in [6.07, 6.45) is 4.00. The van der Waals surface area contributed by atoms with E-state index in [9.17, 15) is 18.8 Å². The molecule has 218 valence electrons. The van der Waals surface area contributed by atoms with Gasteiger partial charge in [0.1, 0.15) is 11.6 Å². The van der Waals surface area contributed by atoms with E-state index in [1.54, 1.807) is 13.8 Å². The van der Waals surface area contributed by atoms with Gasteiger partial charge in [-0.3, -0.25) is 14.9 Å². The standard InChI is InChI=1S/C30H42FN5O3S/c1-19(21(3)37)15-36-13-11-27(33-29(39)34-30-32-20(2)28(40-30)22(4)38)25(18-36)17-35-12-5-6-24(16-35)14-23-7-9-26(31)10-8-23/h7-10,19,24-25,27H,5-6,11-18H2,1-4H3,(H2,32,33,34,39)/t19?,24-,25+,27+/m0/s1. The Hall–Kier alpha value is -2.69. The molecule has 4 rings (SSSR count). The minimum atomic E-state index is -0.308. The van der Waals surface area contributed by atoms with E-state index in [1.165, 1.54) is 30.4 Å². The first kappa shape index (κ1) is 30.3. The number of thiazole rings is 1. The van der Waals surface area contributed by atoms with Crippen molar-refractivity contribution in [1.29, 1.82) is 0 Å². The number of carbonyl (C=O) groups is 3. The first-order chi connectivity index (χ1) is 19.1. The molecule has 2 aliphatic heterocycles. The Morgan fingerprint density at radius 1 is 1.10 bits per heavy atom. The molecule has 0 bridgehead atoms. The minimum absolute atomic E-state index is 0.0188. The van der Waals surface area contributed by atoms with E-state index >= 15 is 0 Å². The van der Waals surface area contributed by atoms with Crippen LogP contribution >= 0.6 is 11.3 Å². The summed E-state index contributed by atoms with van der Waals surface area (Å²) in [5, 5.41) is 6.45. The van der Waals surface area contributed by atoms with E-state index in [2.05, 4.69) is 25.4 Å². The van der Waals surface area contributed by atoms with E-state index in [4.69, 9.17) is 0 Å². The van der Waals surface area contributed by atoms with Crippen LogP contribution in [0.2, 0.25) is 0 Å². The highest BCUT2D eigenvalue weighted by Crippen LogP contribution is 2.26. The van der Waals surface area contributed by atoms with Gasteiger partial charge in [0.05, 0.1) is 10.6 Å². The topological polar surface area (TPSA) is 94.6 Å². The molecule has 0 radical (unpaired) electrons. The fraction of sp³-hybridized carbons (Fsp3) is 0.600. The van der Waals surface area contributed by atoms with E-state index in [-0.39, 0.29) is 41.3 Å². The van der Waals surface area contributed by atoms with Crippen molar-refractivity contribution in [3.63, 3.8) is 0 Å². The van der Waals surface area contributed by atoms with E-state index < -0.39 is 0 Å². The molecule has 2 fully saturated rings. The van der Waals surface area contributed by atoms with Crippen molar-refractivity contribution in [1.82, 2.24) is 20.1 Å². The summed E-state index contributed by atoms with van der Waals surface area (Å²) in [7, 11) is 0. The van der Waals surface area contributed by atoms with Crippen molar-refractivity contribution in [3.05, 3.63) is 46.2 Å². The van der Waals surface area contributed by atoms with Crippen molar-refractivity contribution in [2.75, 3.05) is 44.6 Å². The first-order valence-corrected chi connectivity index (χ1v) is 15.1. The summed E-state index contributed by atoms with van der Waals surface area (Å²) >= 11 is 1.20. The molecule has 40 heavy (non-hydrogen) atoms. The predicted octanol–water partition coefficient (Wildman–Crippen LogP) is 4.79. The van der Waals surface area contributed by atoms with Gasteiger partial charge < -0.3 is 15.1 Å². The van der Waals surface area contributed by atoms with Gasteiger partial charge in [-0.15, -0.1) is 0 Å². The van der Waals surface area contributed by atoms with Gasteiger partial charge in [-0.25, -0.2) is 14.2 Å². The van der Waals surface area contributed by atoms with Crippen LogP contribution in [0.1, 0.15) is 61.0 Å². The number of carbonyl (C=O) groups excluding carboxylic acids is 3. The third-order valence-corrected chi connectivity index (χ3v) is 9.40. The van der Waals surface area contributed by atoms with Crippen LogP contribution in [0.3, 0.4) is 0 Å². The van der Waals surface area contributed by atoms with Gasteiger partial charge in [0, 0.05) is 57.5 Å². The minimum Gasteiger partial charge on any atom is -0.335 e. The molecule has 8 nitrogen and oxygen atoms in total. The van der Waals surface area contributed by atoms with Crippen molar-refractivity contribution in [2.24, 2.45) is 17.8 Å². The fourth-order valence-corrected chi connectivity index (χ4v) is 6.87. The lowest BCUT2D eigenvalue weighted by Gasteiger charge is -2.43. The average Bonchev–Trinajstić information content (AvgIpc) is 3.27. The highest BCUT2D eigenvalue weighted by Gasteiger charge is 2.34. The monoisotopic (exact) mass is 571 g/mol. The zero-order valence-electron chi connectivity index (χ0n) is 24.0. The second-order valence-corrected chi connectivity index (χ2v) is 12.6. The van der Waals surface area contributed by atoms with Crippen LogP contribution in [0.15, 0.2) is 24.3 Å². The average molecular weight is 572 g/mol. The highest BCUT2D eigenvalue weighted by atomic mass is 32.1. The maximum atomic E-state index is 13.4. The summed E-state index contributed by atoms with van der Waals surface area (Å²) < 4.78 is 13.4. The molecule has 3 heterocycles. The lowest BCUT2D eigenvalue weighted by molar-refractivity contribution is -0.121. The zero-order valence-corrected chi connectivity index (χ0v) is 24.9.